The second kappa shape index (κ2) is 6.00. The summed E-state index contributed by atoms with van der Waals surface area (Å²) < 4.78 is 6.11. The molecule has 4 rings (SSSR count). The molecule has 3 aromatic carbocycles. The number of benzene rings is 3. The van der Waals surface area contributed by atoms with Gasteiger partial charge in [-0.05, 0) is 5.56 Å². The first-order chi connectivity index (χ1) is 11.8. The molecule has 0 saturated carbocycles. The molecule has 4 aromatic rings. The summed E-state index contributed by atoms with van der Waals surface area (Å²) in [5.41, 5.74) is 3.81. The fourth-order valence-electron chi connectivity index (χ4n) is 3.03. The number of hydrogen-bond acceptors (Lipinski definition) is 3. The van der Waals surface area contributed by atoms with Crippen molar-refractivity contribution in [1.29, 1.82) is 0 Å². The van der Waals surface area contributed by atoms with Crippen molar-refractivity contribution >= 4 is 23.6 Å². The van der Waals surface area contributed by atoms with Crippen LogP contribution in [0.15, 0.2) is 83.3 Å². The molecule has 4 heteroatoms. The fraction of sp³-hybridized carbons (Fsp3) is 0. The maximum absolute atomic E-state index is 9.66. The summed E-state index contributed by atoms with van der Waals surface area (Å²) in [6.45, 7) is 0. The zero-order chi connectivity index (χ0) is 16.5. The first-order valence-corrected chi connectivity index (χ1v) is 7.78. The largest absolute Gasteiger partial charge is 0.492 e. The maximum atomic E-state index is 9.66. The van der Waals surface area contributed by atoms with Crippen molar-refractivity contribution in [3.63, 3.8) is 0 Å². The molecule has 2 N–H and O–H groups in total. The number of fused-ring (bicyclic) bond motifs is 1. The molecule has 0 unspecified atom stereocenters. The Kier molecular flexibility index (Phi) is 3.69. The van der Waals surface area contributed by atoms with Crippen molar-refractivity contribution in [3.05, 3.63) is 78.9 Å². The average Bonchev–Trinajstić information content (AvgIpc) is 3.02. The fourth-order valence-corrected chi connectivity index (χ4v) is 3.03. The Morgan fingerprint density at radius 1 is 0.667 bits per heavy atom. The molecular formula is C20H15BO3. The molecule has 0 amide bonds. The lowest BCUT2D eigenvalue weighted by Crippen LogP contribution is -2.29. The Morgan fingerprint density at radius 2 is 1.29 bits per heavy atom. The minimum atomic E-state index is -1.58. The lowest BCUT2D eigenvalue weighted by Gasteiger charge is -2.03. The van der Waals surface area contributed by atoms with Crippen molar-refractivity contribution in [2.24, 2.45) is 0 Å². The highest BCUT2D eigenvalue weighted by molar-refractivity contribution is 6.61. The third-order valence-electron chi connectivity index (χ3n) is 4.12. The van der Waals surface area contributed by atoms with Gasteiger partial charge in [0.05, 0.1) is 0 Å². The van der Waals surface area contributed by atoms with E-state index in [1.165, 1.54) is 0 Å². The summed E-state index contributed by atoms with van der Waals surface area (Å²) in [7, 11) is -1.58. The van der Waals surface area contributed by atoms with Gasteiger partial charge in [-0.1, -0.05) is 78.9 Å². The number of rotatable bonds is 3. The maximum Gasteiger partial charge on any atom is 0.492 e. The van der Waals surface area contributed by atoms with E-state index in [9.17, 15) is 10.0 Å². The van der Waals surface area contributed by atoms with Gasteiger partial charge in [-0.2, -0.15) is 0 Å². The van der Waals surface area contributed by atoms with E-state index in [1.807, 2.05) is 72.8 Å². The highest BCUT2D eigenvalue weighted by atomic mass is 16.4. The Morgan fingerprint density at radius 3 is 1.92 bits per heavy atom. The second-order valence-corrected chi connectivity index (χ2v) is 5.64. The molecule has 0 saturated heterocycles. The van der Waals surface area contributed by atoms with Crippen LogP contribution in [0.5, 0.6) is 0 Å². The average molecular weight is 314 g/mol. The van der Waals surface area contributed by atoms with Crippen molar-refractivity contribution in [2.45, 2.75) is 0 Å². The first kappa shape index (κ1) is 14.8. The Bertz CT molecular complexity index is 976. The standard InChI is InChI=1S/C20H15BO3/c22-21(23)17-13-7-12-16-18(14-8-3-1-4-9-14)19(24-20(16)17)15-10-5-2-6-11-15/h1-13,22-23H. The minimum absolute atomic E-state index is 0.367. The van der Waals surface area contributed by atoms with Gasteiger partial charge in [-0.15, -0.1) is 0 Å². The van der Waals surface area contributed by atoms with E-state index in [-0.39, 0.29) is 0 Å². The molecule has 0 aliphatic heterocycles. The summed E-state index contributed by atoms with van der Waals surface area (Å²) in [4.78, 5) is 0. The van der Waals surface area contributed by atoms with E-state index >= 15 is 0 Å². The van der Waals surface area contributed by atoms with Crippen molar-refractivity contribution < 1.29 is 14.5 Å². The SMILES string of the molecule is OB(O)c1cccc2c(-c3ccccc3)c(-c3ccccc3)oc12. The predicted octanol–water partition coefficient (Wildman–Crippen LogP) is 3.45. The molecule has 24 heavy (non-hydrogen) atoms. The van der Waals surface area contributed by atoms with Crippen LogP contribution >= 0.6 is 0 Å². The summed E-state index contributed by atoms with van der Waals surface area (Å²) in [6.07, 6.45) is 0. The summed E-state index contributed by atoms with van der Waals surface area (Å²) in [5.74, 6) is 0.727. The van der Waals surface area contributed by atoms with Crippen LogP contribution in [0.2, 0.25) is 0 Å². The summed E-state index contributed by atoms with van der Waals surface area (Å²) in [5, 5.41) is 20.2. The number of furan rings is 1. The molecule has 0 atom stereocenters. The third-order valence-corrected chi connectivity index (χ3v) is 4.12. The van der Waals surface area contributed by atoms with E-state index in [2.05, 4.69) is 0 Å². The summed E-state index contributed by atoms with van der Waals surface area (Å²) in [6, 6.07) is 25.2. The van der Waals surface area contributed by atoms with Crippen LogP contribution in [0.1, 0.15) is 0 Å². The molecule has 0 bridgehead atoms. The van der Waals surface area contributed by atoms with Crippen LogP contribution in [-0.2, 0) is 0 Å². The van der Waals surface area contributed by atoms with Gasteiger partial charge in [0.25, 0.3) is 0 Å². The first-order valence-electron chi connectivity index (χ1n) is 7.78. The smallest absolute Gasteiger partial charge is 0.456 e. The van der Waals surface area contributed by atoms with Crippen molar-refractivity contribution in [3.8, 4) is 22.5 Å². The van der Waals surface area contributed by atoms with Gasteiger partial charge >= 0.3 is 7.12 Å². The molecule has 1 heterocycles. The minimum Gasteiger partial charge on any atom is -0.456 e. The molecule has 1 aromatic heterocycles. The lowest BCUT2D eigenvalue weighted by molar-refractivity contribution is 0.425. The van der Waals surface area contributed by atoms with Gasteiger partial charge in [-0.3, -0.25) is 0 Å². The van der Waals surface area contributed by atoms with E-state index in [0.29, 0.717) is 11.0 Å². The van der Waals surface area contributed by atoms with Gasteiger partial charge in [0.15, 0.2) is 0 Å². The van der Waals surface area contributed by atoms with Gasteiger partial charge < -0.3 is 14.5 Å². The topological polar surface area (TPSA) is 53.6 Å². The number of para-hydroxylation sites is 1. The van der Waals surface area contributed by atoms with Gasteiger partial charge in [0.1, 0.15) is 11.3 Å². The van der Waals surface area contributed by atoms with Crippen LogP contribution in [0, 0.1) is 0 Å². The van der Waals surface area contributed by atoms with Crippen molar-refractivity contribution in [1.82, 2.24) is 0 Å². The molecule has 3 nitrogen and oxygen atoms in total. The van der Waals surface area contributed by atoms with E-state index in [1.54, 1.807) is 6.07 Å². The Labute approximate surface area is 140 Å². The molecular weight excluding hydrogens is 299 g/mol. The van der Waals surface area contributed by atoms with E-state index in [0.717, 1.165) is 27.8 Å². The summed E-state index contributed by atoms with van der Waals surface area (Å²) >= 11 is 0. The Balaban J connectivity index is 2.09. The molecule has 0 spiro atoms. The molecule has 0 aliphatic carbocycles. The van der Waals surface area contributed by atoms with E-state index in [4.69, 9.17) is 4.42 Å². The van der Waals surface area contributed by atoms with Crippen molar-refractivity contribution in [2.75, 3.05) is 0 Å². The monoisotopic (exact) mass is 314 g/mol. The van der Waals surface area contributed by atoms with Gasteiger partial charge in [0, 0.05) is 22.0 Å². The van der Waals surface area contributed by atoms with Crippen LogP contribution in [0.25, 0.3) is 33.4 Å². The zero-order valence-electron chi connectivity index (χ0n) is 12.9. The van der Waals surface area contributed by atoms with E-state index < -0.39 is 7.12 Å². The third kappa shape index (κ3) is 2.42. The molecule has 0 fully saturated rings. The molecule has 0 radical (unpaired) electrons. The number of hydrogen-bond donors (Lipinski definition) is 2. The van der Waals surface area contributed by atoms with Crippen LogP contribution in [-0.4, -0.2) is 17.2 Å². The van der Waals surface area contributed by atoms with Gasteiger partial charge in [0.2, 0.25) is 0 Å². The quantitative estimate of drug-likeness (QED) is 0.570. The Hall–Kier alpha value is -2.82. The van der Waals surface area contributed by atoms with Crippen LogP contribution in [0.3, 0.4) is 0 Å². The second-order valence-electron chi connectivity index (χ2n) is 5.64. The van der Waals surface area contributed by atoms with Crippen LogP contribution < -0.4 is 5.46 Å². The zero-order valence-corrected chi connectivity index (χ0v) is 12.9. The normalized spacial score (nSPS) is 10.9. The predicted molar refractivity (Wildman–Crippen MR) is 96.9 cm³/mol. The highest BCUT2D eigenvalue weighted by Gasteiger charge is 2.23. The van der Waals surface area contributed by atoms with Gasteiger partial charge in [-0.25, -0.2) is 0 Å². The van der Waals surface area contributed by atoms with Crippen LogP contribution in [0.4, 0.5) is 0 Å². The molecule has 116 valence electrons. The highest BCUT2D eigenvalue weighted by Crippen LogP contribution is 2.40. The molecule has 0 aliphatic rings. The lowest BCUT2D eigenvalue weighted by atomic mass is 9.79.